The highest BCUT2D eigenvalue weighted by molar-refractivity contribution is 7.12. The van der Waals surface area contributed by atoms with Crippen LogP contribution >= 0.6 is 11.3 Å². The van der Waals surface area contributed by atoms with E-state index in [1.165, 1.54) is 35.4 Å². The summed E-state index contributed by atoms with van der Waals surface area (Å²) in [5.41, 5.74) is 1.11. The van der Waals surface area contributed by atoms with E-state index in [2.05, 4.69) is 54.0 Å². The molecule has 1 unspecified atom stereocenters. The maximum atomic E-state index is 4.68. The van der Waals surface area contributed by atoms with Gasteiger partial charge in [-0.1, -0.05) is 12.8 Å². The van der Waals surface area contributed by atoms with Gasteiger partial charge in [-0.25, -0.2) is 4.98 Å². The first-order chi connectivity index (χ1) is 9.63. The molecule has 108 valence electrons. The molecule has 4 heteroatoms. The Hall–Kier alpha value is -1.29. The van der Waals surface area contributed by atoms with Crippen molar-refractivity contribution in [1.82, 2.24) is 9.55 Å². The summed E-state index contributed by atoms with van der Waals surface area (Å²) >= 11 is 1.86. The molecule has 0 aromatic carbocycles. The summed E-state index contributed by atoms with van der Waals surface area (Å²) in [6.45, 7) is 6.45. The van der Waals surface area contributed by atoms with Crippen molar-refractivity contribution in [2.45, 2.75) is 58.5 Å². The fraction of sp³-hybridized carbons (Fsp3) is 0.562. The third-order valence-electron chi connectivity index (χ3n) is 4.10. The van der Waals surface area contributed by atoms with E-state index in [0.29, 0.717) is 12.1 Å². The second-order valence-electron chi connectivity index (χ2n) is 5.87. The zero-order chi connectivity index (χ0) is 14.1. The minimum atomic E-state index is 0.315. The Balaban J connectivity index is 1.79. The van der Waals surface area contributed by atoms with Crippen LogP contribution in [0.2, 0.25) is 0 Å². The van der Waals surface area contributed by atoms with Gasteiger partial charge in [0, 0.05) is 22.0 Å². The van der Waals surface area contributed by atoms with Gasteiger partial charge in [0.2, 0.25) is 5.95 Å². The molecule has 20 heavy (non-hydrogen) atoms. The second kappa shape index (κ2) is 5.60. The van der Waals surface area contributed by atoms with E-state index >= 15 is 0 Å². The minimum absolute atomic E-state index is 0.315. The van der Waals surface area contributed by atoms with E-state index in [1.54, 1.807) is 0 Å². The van der Waals surface area contributed by atoms with Crippen molar-refractivity contribution in [1.29, 1.82) is 0 Å². The summed E-state index contributed by atoms with van der Waals surface area (Å²) < 4.78 is 2.36. The zero-order valence-corrected chi connectivity index (χ0v) is 13.3. The van der Waals surface area contributed by atoms with E-state index in [-0.39, 0.29) is 0 Å². The topological polar surface area (TPSA) is 29.9 Å². The number of hydrogen-bond donors (Lipinski definition) is 1. The monoisotopic (exact) mass is 289 g/mol. The number of hydrogen-bond acceptors (Lipinski definition) is 3. The summed E-state index contributed by atoms with van der Waals surface area (Å²) in [4.78, 5) is 7.42. The summed E-state index contributed by atoms with van der Waals surface area (Å²) in [5, 5.41) is 3.60. The van der Waals surface area contributed by atoms with Gasteiger partial charge in [-0.2, -0.15) is 0 Å². The molecular weight excluding hydrogens is 266 g/mol. The Bertz CT molecular complexity index is 578. The fourth-order valence-electron chi connectivity index (χ4n) is 3.03. The molecule has 0 spiro atoms. The molecule has 1 aliphatic rings. The molecule has 2 heterocycles. The van der Waals surface area contributed by atoms with Crippen LogP contribution in [-0.2, 0) is 0 Å². The first-order valence-corrected chi connectivity index (χ1v) is 8.33. The molecule has 0 saturated heterocycles. The van der Waals surface area contributed by atoms with Crippen molar-refractivity contribution < 1.29 is 0 Å². The van der Waals surface area contributed by atoms with E-state index in [9.17, 15) is 0 Å². The van der Waals surface area contributed by atoms with Crippen LogP contribution in [0, 0.1) is 13.8 Å². The number of nitrogens with zero attached hydrogens (tertiary/aromatic N) is 2. The summed E-state index contributed by atoms with van der Waals surface area (Å²) in [7, 11) is 0. The normalized spacial score (nSPS) is 17.6. The number of aryl methyl sites for hydroxylation is 2. The van der Waals surface area contributed by atoms with Crippen LogP contribution in [0.25, 0.3) is 0 Å². The van der Waals surface area contributed by atoms with E-state index in [4.69, 9.17) is 0 Å². The van der Waals surface area contributed by atoms with Gasteiger partial charge in [-0.15, -0.1) is 11.3 Å². The fourth-order valence-corrected chi connectivity index (χ4v) is 3.91. The Morgan fingerprint density at radius 2 is 2.05 bits per heavy atom. The lowest BCUT2D eigenvalue weighted by atomic mass is 10.2. The number of imidazole rings is 1. The lowest BCUT2D eigenvalue weighted by Gasteiger charge is -2.18. The number of rotatable bonds is 4. The van der Waals surface area contributed by atoms with Gasteiger partial charge in [0.25, 0.3) is 0 Å². The van der Waals surface area contributed by atoms with Crippen molar-refractivity contribution in [3.63, 3.8) is 0 Å². The van der Waals surface area contributed by atoms with Crippen LogP contribution in [-0.4, -0.2) is 9.55 Å². The Morgan fingerprint density at radius 1 is 1.30 bits per heavy atom. The summed E-state index contributed by atoms with van der Waals surface area (Å²) in [5.74, 6) is 1.04. The Kier molecular flexibility index (Phi) is 3.83. The molecule has 1 fully saturated rings. The average molecular weight is 289 g/mol. The summed E-state index contributed by atoms with van der Waals surface area (Å²) in [6.07, 6.45) is 7.47. The first kappa shape index (κ1) is 13.7. The molecule has 1 aliphatic carbocycles. The van der Waals surface area contributed by atoms with Gasteiger partial charge >= 0.3 is 0 Å². The molecule has 1 N–H and O–H groups in total. The zero-order valence-electron chi connectivity index (χ0n) is 12.5. The maximum Gasteiger partial charge on any atom is 0.203 e. The SMILES string of the molecule is Cc1cn(C2CCCC2)c(NC(C)c2ccc(C)s2)n1. The average Bonchev–Trinajstić information content (AvgIpc) is 3.09. The van der Waals surface area contributed by atoms with Crippen LogP contribution in [0.3, 0.4) is 0 Å². The van der Waals surface area contributed by atoms with Gasteiger partial charge in [0.15, 0.2) is 0 Å². The molecule has 3 rings (SSSR count). The van der Waals surface area contributed by atoms with Crippen LogP contribution in [0.5, 0.6) is 0 Å². The van der Waals surface area contributed by atoms with Crippen molar-refractivity contribution in [3.05, 3.63) is 33.8 Å². The standard InChI is InChI=1S/C16H23N3S/c1-11-10-19(14-6-4-5-7-14)16(17-11)18-13(3)15-9-8-12(2)20-15/h8-10,13-14H,4-7H2,1-3H3,(H,17,18). The van der Waals surface area contributed by atoms with Gasteiger partial charge in [-0.05, 0) is 45.7 Å². The van der Waals surface area contributed by atoms with Gasteiger partial charge in [0.1, 0.15) is 0 Å². The first-order valence-electron chi connectivity index (χ1n) is 7.52. The highest BCUT2D eigenvalue weighted by atomic mass is 32.1. The number of thiophene rings is 1. The Morgan fingerprint density at radius 3 is 2.70 bits per heavy atom. The van der Waals surface area contributed by atoms with Crippen molar-refractivity contribution in [2.24, 2.45) is 0 Å². The molecule has 0 amide bonds. The van der Waals surface area contributed by atoms with Crippen molar-refractivity contribution >= 4 is 17.3 Å². The molecule has 1 saturated carbocycles. The molecule has 2 aromatic rings. The van der Waals surface area contributed by atoms with Gasteiger partial charge in [0.05, 0.1) is 11.7 Å². The minimum Gasteiger partial charge on any atom is -0.348 e. The van der Waals surface area contributed by atoms with Crippen LogP contribution in [0.4, 0.5) is 5.95 Å². The van der Waals surface area contributed by atoms with E-state index in [0.717, 1.165) is 11.6 Å². The highest BCUT2D eigenvalue weighted by Gasteiger charge is 2.21. The van der Waals surface area contributed by atoms with Gasteiger partial charge < -0.3 is 9.88 Å². The van der Waals surface area contributed by atoms with Crippen molar-refractivity contribution in [2.75, 3.05) is 5.32 Å². The van der Waals surface area contributed by atoms with Gasteiger partial charge in [-0.3, -0.25) is 0 Å². The van der Waals surface area contributed by atoms with E-state index in [1.807, 2.05) is 11.3 Å². The molecule has 0 radical (unpaired) electrons. The number of anilines is 1. The predicted molar refractivity (Wildman–Crippen MR) is 85.6 cm³/mol. The van der Waals surface area contributed by atoms with Crippen molar-refractivity contribution in [3.8, 4) is 0 Å². The molecule has 0 aliphatic heterocycles. The predicted octanol–water partition coefficient (Wildman–Crippen LogP) is 4.85. The number of aromatic nitrogens is 2. The lowest BCUT2D eigenvalue weighted by Crippen LogP contribution is -2.13. The highest BCUT2D eigenvalue weighted by Crippen LogP contribution is 2.33. The summed E-state index contributed by atoms with van der Waals surface area (Å²) in [6, 6.07) is 5.35. The molecule has 2 aromatic heterocycles. The largest absolute Gasteiger partial charge is 0.348 e. The third kappa shape index (κ3) is 2.75. The lowest BCUT2D eigenvalue weighted by molar-refractivity contribution is 0.521. The molecule has 1 atom stereocenters. The van der Waals surface area contributed by atoms with Crippen LogP contribution in [0.1, 0.15) is 60.1 Å². The Labute approximate surface area is 125 Å². The third-order valence-corrected chi connectivity index (χ3v) is 5.29. The molecule has 0 bridgehead atoms. The molecule has 3 nitrogen and oxygen atoms in total. The second-order valence-corrected chi connectivity index (χ2v) is 7.19. The smallest absolute Gasteiger partial charge is 0.203 e. The molecular formula is C16H23N3S. The van der Waals surface area contributed by atoms with Crippen LogP contribution in [0.15, 0.2) is 18.3 Å². The number of nitrogens with one attached hydrogen (secondary N) is 1. The van der Waals surface area contributed by atoms with E-state index < -0.39 is 0 Å². The quantitative estimate of drug-likeness (QED) is 0.872. The van der Waals surface area contributed by atoms with Crippen LogP contribution < -0.4 is 5.32 Å². The maximum absolute atomic E-state index is 4.68.